The molecule has 0 spiro atoms. The van der Waals surface area contributed by atoms with Crippen LogP contribution >= 0.6 is 11.3 Å². The minimum absolute atomic E-state index is 0.132. The highest BCUT2D eigenvalue weighted by molar-refractivity contribution is 7.12. The topological polar surface area (TPSA) is 43.1 Å². The molecule has 10 heavy (non-hydrogen) atoms. The molecule has 0 amide bonds. The molecule has 0 radical (unpaired) electrons. The summed E-state index contributed by atoms with van der Waals surface area (Å²) < 4.78 is 0. The Morgan fingerprint density at radius 2 is 2.50 bits per heavy atom. The summed E-state index contributed by atoms with van der Waals surface area (Å²) >= 11 is 1.41. The lowest BCUT2D eigenvalue weighted by molar-refractivity contribution is 0.0993. The average Bonchev–Trinajstić information content (AvgIpc) is 2.34. The second kappa shape index (κ2) is 2.84. The molecule has 0 aromatic carbocycles. The molecule has 1 heterocycles. The molecular weight excluding hydrogens is 146 g/mol. The summed E-state index contributed by atoms with van der Waals surface area (Å²) in [4.78, 5) is 11.7. The van der Waals surface area contributed by atoms with Crippen LogP contribution < -0.4 is 5.73 Å². The summed E-state index contributed by atoms with van der Waals surface area (Å²) in [5.41, 5.74) is 6.11. The predicted octanol–water partition coefficient (Wildman–Crippen LogP) is 1.92. The van der Waals surface area contributed by atoms with Gasteiger partial charge >= 0.3 is 0 Å². The van der Waals surface area contributed by atoms with Crippen LogP contribution in [0.5, 0.6) is 0 Å². The van der Waals surface area contributed by atoms with Gasteiger partial charge in [0, 0.05) is 6.42 Å². The Kier molecular flexibility index (Phi) is 2.06. The van der Waals surface area contributed by atoms with Gasteiger partial charge in [-0.15, -0.1) is 11.3 Å². The van der Waals surface area contributed by atoms with Gasteiger partial charge < -0.3 is 5.73 Å². The molecule has 1 aromatic rings. The number of ketones is 1. The Hall–Kier alpha value is -0.830. The van der Waals surface area contributed by atoms with Gasteiger partial charge in [-0.3, -0.25) is 4.79 Å². The number of nitrogen functional groups attached to an aromatic ring is 1. The largest absolute Gasteiger partial charge is 0.397 e. The minimum Gasteiger partial charge on any atom is -0.397 e. The van der Waals surface area contributed by atoms with E-state index < -0.39 is 0 Å². The van der Waals surface area contributed by atoms with Gasteiger partial charge in [0.05, 0.1) is 10.6 Å². The number of Topliss-reactive ketones (excluding diaryl/α,β-unsaturated/α-hetero) is 1. The molecule has 54 valence electrons. The molecule has 1 rings (SSSR count). The van der Waals surface area contributed by atoms with Gasteiger partial charge in [-0.1, -0.05) is 6.92 Å². The van der Waals surface area contributed by atoms with Gasteiger partial charge in [-0.25, -0.2) is 0 Å². The highest BCUT2D eigenvalue weighted by Gasteiger charge is 2.07. The highest BCUT2D eigenvalue weighted by atomic mass is 32.1. The van der Waals surface area contributed by atoms with Crippen LogP contribution in [0.15, 0.2) is 11.4 Å². The van der Waals surface area contributed by atoms with Gasteiger partial charge in [0.25, 0.3) is 0 Å². The number of hydrogen-bond acceptors (Lipinski definition) is 3. The summed E-state index contributed by atoms with van der Waals surface area (Å²) in [6, 6.07) is 1.76. The second-order valence-corrected chi connectivity index (χ2v) is 2.90. The van der Waals surface area contributed by atoms with Crippen molar-refractivity contribution in [2.45, 2.75) is 13.3 Å². The molecule has 0 aliphatic rings. The van der Waals surface area contributed by atoms with Crippen molar-refractivity contribution < 1.29 is 4.79 Å². The van der Waals surface area contributed by atoms with Gasteiger partial charge in [0.2, 0.25) is 0 Å². The van der Waals surface area contributed by atoms with E-state index in [9.17, 15) is 4.79 Å². The fourth-order valence-corrected chi connectivity index (χ4v) is 1.54. The Morgan fingerprint density at radius 3 is 2.90 bits per heavy atom. The van der Waals surface area contributed by atoms with Gasteiger partial charge in [-0.2, -0.15) is 0 Å². The summed E-state index contributed by atoms with van der Waals surface area (Å²) in [6.07, 6.45) is 0.532. The van der Waals surface area contributed by atoms with Crippen LogP contribution in [-0.2, 0) is 0 Å². The summed E-state index contributed by atoms with van der Waals surface area (Å²) in [5.74, 6) is 0.132. The van der Waals surface area contributed by atoms with Crippen molar-refractivity contribution in [3.05, 3.63) is 16.3 Å². The van der Waals surface area contributed by atoms with E-state index in [0.29, 0.717) is 17.0 Å². The van der Waals surface area contributed by atoms with Gasteiger partial charge in [-0.05, 0) is 11.4 Å². The number of carbonyl (C=O) groups is 1. The van der Waals surface area contributed by atoms with Crippen LogP contribution in [0.3, 0.4) is 0 Å². The Morgan fingerprint density at radius 1 is 1.80 bits per heavy atom. The van der Waals surface area contributed by atoms with Crippen molar-refractivity contribution in [3.8, 4) is 0 Å². The molecule has 0 aliphatic heterocycles. The number of hydrogen-bond donors (Lipinski definition) is 1. The fourth-order valence-electron chi connectivity index (χ4n) is 0.706. The lowest BCUT2D eigenvalue weighted by Crippen LogP contribution is -1.96. The van der Waals surface area contributed by atoms with Crippen LogP contribution in [-0.4, -0.2) is 5.78 Å². The van der Waals surface area contributed by atoms with Crippen molar-refractivity contribution in [3.63, 3.8) is 0 Å². The average molecular weight is 155 g/mol. The summed E-state index contributed by atoms with van der Waals surface area (Å²) in [6.45, 7) is 1.83. The van der Waals surface area contributed by atoms with E-state index in [1.807, 2.05) is 12.3 Å². The number of carbonyl (C=O) groups excluding carboxylic acids is 1. The predicted molar refractivity (Wildman–Crippen MR) is 43.4 cm³/mol. The third kappa shape index (κ3) is 1.19. The number of nitrogens with two attached hydrogens (primary N) is 1. The van der Waals surface area contributed by atoms with Crippen molar-refractivity contribution in [2.75, 3.05) is 5.73 Å². The van der Waals surface area contributed by atoms with E-state index in [2.05, 4.69) is 0 Å². The summed E-state index contributed by atoms with van der Waals surface area (Å²) in [5, 5.41) is 1.83. The molecule has 2 nitrogen and oxygen atoms in total. The lowest BCUT2D eigenvalue weighted by atomic mass is 10.2. The van der Waals surface area contributed by atoms with E-state index in [-0.39, 0.29) is 5.78 Å². The molecule has 0 aliphatic carbocycles. The zero-order valence-electron chi connectivity index (χ0n) is 5.76. The zero-order valence-corrected chi connectivity index (χ0v) is 6.57. The first kappa shape index (κ1) is 7.28. The molecule has 0 saturated heterocycles. The van der Waals surface area contributed by atoms with Crippen molar-refractivity contribution in [2.24, 2.45) is 0 Å². The van der Waals surface area contributed by atoms with Gasteiger partial charge in [0.15, 0.2) is 5.78 Å². The molecule has 1 aromatic heterocycles. The normalized spacial score (nSPS) is 9.70. The summed E-state index contributed by atoms with van der Waals surface area (Å²) in [7, 11) is 0. The van der Waals surface area contributed by atoms with E-state index in [0.717, 1.165) is 0 Å². The first-order valence-corrected chi connectivity index (χ1v) is 3.99. The van der Waals surface area contributed by atoms with Gasteiger partial charge in [0.1, 0.15) is 0 Å². The van der Waals surface area contributed by atoms with Crippen molar-refractivity contribution >= 4 is 22.8 Å². The van der Waals surface area contributed by atoms with E-state index in [1.165, 1.54) is 11.3 Å². The molecule has 0 unspecified atom stereocenters. The number of thiophene rings is 1. The van der Waals surface area contributed by atoms with Crippen molar-refractivity contribution in [1.82, 2.24) is 0 Å². The maximum absolute atomic E-state index is 11.0. The number of anilines is 1. The Balaban J connectivity index is 2.93. The molecule has 0 bridgehead atoms. The van der Waals surface area contributed by atoms with Crippen LogP contribution in [0.4, 0.5) is 5.69 Å². The molecule has 2 N–H and O–H groups in total. The third-order valence-electron chi connectivity index (χ3n) is 1.27. The maximum Gasteiger partial charge on any atom is 0.174 e. The van der Waals surface area contributed by atoms with Crippen LogP contribution in [0.2, 0.25) is 0 Å². The minimum atomic E-state index is 0.132. The Labute approximate surface area is 63.7 Å². The van der Waals surface area contributed by atoms with E-state index in [4.69, 9.17) is 5.73 Å². The zero-order chi connectivity index (χ0) is 7.56. The first-order valence-electron chi connectivity index (χ1n) is 3.12. The first-order chi connectivity index (χ1) is 4.75. The quantitative estimate of drug-likeness (QED) is 0.663. The smallest absolute Gasteiger partial charge is 0.174 e. The second-order valence-electron chi connectivity index (χ2n) is 1.98. The SMILES string of the molecule is CCC(=O)c1sccc1N. The Bertz CT molecular complexity index is 242. The van der Waals surface area contributed by atoms with Crippen LogP contribution in [0.25, 0.3) is 0 Å². The molecular formula is C7H9NOS. The van der Waals surface area contributed by atoms with Crippen molar-refractivity contribution in [1.29, 1.82) is 0 Å². The maximum atomic E-state index is 11.0. The standard InChI is InChI=1S/C7H9NOS/c1-2-6(9)7-5(8)3-4-10-7/h3-4H,2,8H2,1H3. The van der Waals surface area contributed by atoms with Crippen LogP contribution in [0, 0.1) is 0 Å². The molecule has 0 saturated carbocycles. The highest BCUT2D eigenvalue weighted by Crippen LogP contribution is 2.19. The molecule has 3 heteroatoms. The third-order valence-corrected chi connectivity index (χ3v) is 2.24. The van der Waals surface area contributed by atoms with E-state index in [1.54, 1.807) is 6.07 Å². The monoisotopic (exact) mass is 155 g/mol. The molecule has 0 atom stereocenters. The van der Waals surface area contributed by atoms with E-state index >= 15 is 0 Å². The molecule has 0 fully saturated rings. The van der Waals surface area contributed by atoms with Crippen LogP contribution in [0.1, 0.15) is 23.0 Å². The fraction of sp³-hybridized carbons (Fsp3) is 0.286. The number of rotatable bonds is 2. The lowest BCUT2D eigenvalue weighted by Gasteiger charge is -1.92.